The lowest BCUT2D eigenvalue weighted by Gasteiger charge is -1.92. The maximum Gasteiger partial charge on any atom is 0.270 e. The molecule has 2 rings (SSSR count). The minimum atomic E-state index is -0.396. The van der Waals surface area contributed by atoms with E-state index in [-0.39, 0.29) is 5.69 Å². The predicted molar refractivity (Wildman–Crippen MR) is 57.6 cm³/mol. The van der Waals surface area contributed by atoms with Crippen LogP contribution in [0.5, 0.6) is 0 Å². The molecule has 0 saturated carbocycles. The number of nitrogen functional groups attached to an aromatic ring is 1. The molecule has 0 atom stereocenters. The maximum atomic E-state index is 10.5. The van der Waals surface area contributed by atoms with Crippen molar-refractivity contribution in [2.45, 2.75) is 6.92 Å². The van der Waals surface area contributed by atoms with Gasteiger partial charge in [-0.2, -0.15) is 0 Å². The zero-order valence-electron chi connectivity index (χ0n) is 7.48. The fraction of sp³-hybridized carbons (Fsp3) is 0.111. The van der Waals surface area contributed by atoms with Crippen LogP contribution in [0.3, 0.4) is 0 Å². The predicted octanol–water partition coefficient (Wildman–Crippen LogP) is 2.70. The first-order valence-corrected chi connectivity index (χ1v) is 4.84. The molecular formula is C9H8N2O2S. The van der Waals surface area contributed by atoms with Gasteiger partial charge in [-0.05, 0) is 18.6 Å². The van der Waals surface area contributed by atoms with Crippen molar-refractivity contribution in [2.75, 3.05) is 5.73 Å². The zero-order valence-corrected chi connectivity index (χ0v) is 8.30. The van der Waals surface area contributed by atoms with Crippen LogP contribution >= 0.6 is 11.3 Å². The van der Waals surface area contributed by atoms with Gasteiger partial charge in [0.15, 0.2) is 0 Å². The quantitative estimate of drug-likeness (QED) is 0.578. The Labute approximate surface area is 84.1 Å². The van der Waals surface area contributed by atoms with Crippen LogP contribution in [0.2, 0.25) is 0 Å². The van der Waals surface area contributed by atoms with E-state index in [9.17, 15) is 10.1 Å². The van der Waals surface area contributed by atoms with E-state index in [4.69, 9.17) is 5.73 Å². The molecule has 1 heterocycles. The summed E-state index contributed by atoms with van der Waals surface area (Å²) in [6, 6.07) is 4.80. The van der Waals surface area contributed by atoms with Crippen molar-refractivity contribution in [2.24, 2.45) is 0 Å². The van der Waals surface area contributed by atoms with E-state index in [2.05, 4.69) is 0 Å². The second kappa shape index (κ2) is 2.95. The first kappa shape index (κ1) is 8.96. The van der Waals surface area contributed by atoms with Crippen LogP contribution in [0.4, 0.5) is 10.7 Å². The Morgan fingerprint density at radius 3 is 2.86 bits per heavy atom. The highest BCUT2D eigenvalue weighted by atomic mass is 32.1. The minimum Gasteiger partial charge on any atom is -0.390 e. The lowest BCUT2D eigenvalue weighted by Crippen LogP contribution is -1.86. The van der Waals surface area contributed by atoms with Gasteiger partial charge in [-0.1, -0.05) is 0 Å². The third kappa shape index (κ3) is 1.22. The fourth-order valence-corrected chi connectivity index (χ4v) is 2.30. The van der Waals surface area contributed by atoms with Crippen molar-refractivity contribution < 1.29 is 4.92 Å². The van der Waals surface area contributed by atoms with Gasteiger partial charge in [0.25, 0.3) is 5.69 Å². The summed E-state index contributed by atoms with van der Waals surface area (Å²) in [7, 11) is 0. The van der Waals surface area contributed by atoms with Gasteiger partial charge in [0.2, 0.25) is 0 Å². The number of fused-ring (bicyclic) bond motifs is 1. The Morgan fingerprint density at radius 1 is 1.50 bits per heavy atom. The number of nitro benzene ring substituents is 1. The van der Waals surface area contributed by atoms with E-state index in [1.54, 1.807) is 12.1 Å². The molecular weight excluding hydrogens is 200 g/mol. The number of nitrogens with zero attached hydrogens (tertiary/aromatic N) is 1. The topological polar surface area (TPSA) is 69.2 Å². The largest absolute Gasteiger partial charge is 0.390 e. The van der Waals surface area contributed by atoms with Crippen LogP contribution in [0.15, 0.2) is 18.2 Å². The normalized spacial score (nSPS) is 10.6. The number of nitrogens with two attached hydrogens (primary N) is 1. The average molecular weight is 208 g/mol. The monoisotopic (exact) mass is 208 g/mol. The van der Waals surface area contributed by atoms with E-state index in [1.165, 1.54) is 17.4 Å². The number of thiophene rings is 1. The van der Waals surface area contributed by atoms with Crippen molar-refractivity contribution in [1.29, 1.82) is 0 Å². The van der Waals surface area contributed by atoms with E-state index in [0.29, 0.717) is 0 Å². The Hall–Kier alpha value is -1.62. The van der Waals surface area contributed by atoms with Gasteiger partial charge in [0, 0.05) is 22.2 Å². The number of rotatable bonds is 1. The van der Waals surface area contributed by atoms with Gasteiger partial charge in [-0.3, -0.25) is 10.1 Å². The number of benzene rings is 1. The molecule has 14 heavy (non-hydrogen) atoms. The molecule has 0 aliphatic carbocycles. The van der Waals surface area contributed by atoms with E-state index >= 15 is 0 Å². The second-order valence-corrected chi connectivity index (χ2v) is 4.11. The van der Waals surface area contributed by atoms with Crippen molar-refractivity contribution in [3.05, 3.63) is 33.9 Å². The Balaban J connectivity index is 2.76. The van der Waals surface area contributed by atoms with Crippen molar-refractivity contribution in [3.63, 3.8) is 0 Å². The van der Waals surface area contributed by atoms with Crippen LogP contribution in [0.25, 0.3) is 10.1 Å². The van der Waals surface area contributed by atoms with E-state index in [0.717, 1.165) is 20.7 Å². The van der Waals surface area contributed by atoms with Gasteiger partial charge in [-0.15, -0.1) is 11.3 Å². The molecule has 0 saturated heterocycles. The van der Waals surface area contributed by atoms with Crippen LogP contribution in [-0.4, -0.2) is 4.92 Å². The Morgan fingerprint density at radius 2 is 2.21 bits per heavy atom. The molecule has 0 unspecified atom stereocenters. The number of hydrogen-bond acceptors (Lipinski definition) is 4. The highest BCUT2D eigenvalue weighted by molar-refractivity contribution is 7.22. The van der Waals surface area contributed by atoms with Crippen LogP contribution < -0.4 is 5.73 Å². The average Bonchev–Trinajstić information content (AvgIpc) is 2.43. The Bertz CT molecular complexity index is 519. The highest BCUT2D eigenvalue weighted by Gasteiger charge is 2.10. The molecule has 2 aromatic rings. The summed E-state index contributed by atoms with van der Waals surface area (Å²) < 4.78 is 0.991. The molecule has 0 radical (unpaired) electrons. The lowest BCUT2D eigenvalue weighted by molar-refractivity contribution is -0.384. The first-order chi connectivity index (χ1) is 6.59. The first-order valence-electron chi connectivity index (χ1n) is 4.02. The number of non-ortho nitro benzene ring substituents is 1. The Kier molecular flexibility index (Phi) is 1.89. The van der Waals surface area contributed by atoms with Gasteiger partial charge >= 0.3 is 0 Å². The standard InChI is InChI=1S/C9H8N2O2S/c1-5-7-4-6(11(12)13)2-3-8(7)14-9(5)10/h2-4H,10H2,1H3. The fourth-order valence-electron chi connectivity index (χ4n) is 1.34. The summed E-state index contributed by atoms with van der Waals surface area (Å²) in [6.45, 7) is 1.87. The van der Waals surface area contributed by atoms with Gasteiger partial charge < -0.3 is 5.73 Å². The van der Waals surface area contributed by atoms with Gasteiger partial charge in [0.05, 0.1) is 9.92 Å². The van der Waals surface area contributed by atoms with Crippen molar-refractivity contribution in [1.82, 2.24) is 0 Å². The molecule has 1 aromatic heterocycles. The molecule has 0 amide bonds. The summed E-state index contributed by atoms with van der Waals surface area (Å²) in [5.74, 6) is 0. The van der Waals surface area contributed by atoms with Crippen molar-refractivity contribution in [3.8, 4) is 0 Å². The maximum absolute atomic E-state index is 10.5. The number of hydrogen-bond donors (Lipinski definition) is 1. The SMILES string of the molecule is Cc1c(N)sc2ccc([N+](=O)[O-])cc12. The molecule has 1 aromatic carbocycles. The van der Waals surface area contributed by atoms with Crippen molar-refractivity contribution >= 4 is 32.1 Å². The lowest BCUT2D eigenvalue weighted by atomic mass is 10.2. The number of nitro groups is 1. The summed E-state index contributed by atoms with van der Waals surface area (Å²) in [4.78, 5) is 10.1. The molecule has 0 spiro atoms. The van der Waals surface area contributed by atoms with Crippen LogP contribution in [0, 0.1) is 17.0 Å². The molecule has 72 valence electrons. The summed E-state index contributed by atoms with van der Waals surface area (Å²) in [5.41, 5.74) is 6.76. The summed E-state index contributed by atoms with van der Waals surface area (Å²) in [6.07, 6.45) is 0. The zero-order chi connectivity index (χ0) is 10.3. The second-order valence-electron chi connectivity index (χ2n) is 3.03. The summed E-state index contributed by atoms with van der Waals surface area (Å²) >= 11 is 1.45. The molecule has 2 N–H and O–H groups in total. The number of anilines is 1. The summed E-state index contributed by atoms with van der Waals surface area (Å²) in [5, 5.41) is 12.1. The third-order valence-electron chi connectivity index (χ3n) is 2.17. The van der Waals surface area contributed by atoms with E-state index < -0.39 is 4.92 Å². The molecule has 0 fully saturated rings. The smallest absolute Gasteiger partial charge is 0.270 e. The number of aryl methyl sites for hydroxylation is 1. The van der Waals surface area contributed by atoms with Crippen LogP contribution in [0.1, 0.15) is 5.56 Å². The van der Waals surface area contributed by atoms with E-state index in [1.807, 2.05) is 6.92 Å². The molecule has 0 aliphatic rings. The molecule has 0 aliphatic heterocycles. The third-order valence-corrected chi connectivity index (χ3v) is 3.27. The molecule has 5 heteroatoms. The van der Waals surface area contributed by atoms with Gasteiger partial charge in [0.1, 0.15) is 0 Å². The molecule has 0 bridgehead atoms. The minimum absolute atomic E-state index is 0.110. The van der Waals surface area contributed by atoms with Crippen LogP contribution in [-0.2, 0) is 0 Å². The van der Waals surface area contributed by atoms with Gasteiger partial charge in [-0.25, -0.2) is 0 Å². The molecule has 4 nitrogen and oxygen atoms in total. The highest BCUT2D eigenvalue weighted by Crippen LogP contribution is 2.34.